The Morgan fingerprint density at radius 3 is 2.71 bits per heavy atom. The van der Waals surface area contributed by atoms with Crippen molar-refractivity contribution in [3.8, 4) is 17.1 Å². The van der Waals surface area contributed by atoms with Crippen LogP contribution in [0.4, 0.5) is 0 Å². The Kier molecular flexibility index (Phi) is 6.27. The first-order chi connectivity index (χ1) is 15.0. The lowest BCUT2D eigenvalue weighted by Crippen LogP contribution is -2.45. The third-order valence-electron chi connectivity index (χ3n) is 5.58. The highest BCUT2D eigenvalue weighted by Crippen LogP contribution is 2.26. The third kappa shape index (κ3) is 4.91. The summed E-state index contributed by atoms with van der Waals surface area (Å²) in [5.41, 5.74) is 3.71. The molecule has 1 saturated carbocycles. The van der Waals surface area contributed by atoms with Crippen LogP contribution < -0.4 is 10.1 Å². The molecule has 31 heavy (non-hydrogen) atoms. The van der Waals surface area contributed by atoms with Gasteiger partial charge in [-0.1, -0.05) is 18.0 Å². The molecule has 1 fully saturated rings. The Balaban J connectivity index is 1.39. The fourth-order valence-corrected chi connectivity index (χ4v) is 3.67. The van der Waals surface area contributed by atoms with Crippen LogP contribution in [0.1, 0.15) is 53.1 Å². The average Bonchev–Trinajstić information content (AvgIpc) is 3.15. The molecule has 0 spiro atoms. The lowest BCUT2D eigenvalue weighted by atomic mass is 9.92. The smallest absolute Gasteiger partial charge is 0.253 e. The predicted molar refractivity (Wildman–Crippen MR) is 114 cm³/mol. The molecule has 0 aliphatic heterocycles. The van der Waals surface area contributed by atoms with Crippen molar-refractivity contribution in [3.63, 3.8) is 0 Å². The minimum atomic E-state index is -0.488. The zero-order chi connectivity index (χ0) is 21.8. The summed E-state index contributed by atoms with van der Waals surface area (Å²) in [7, 11) is 0. The standard InChI is InChI=1S/C23H26N4O4/c1-14-7-8-16(11-24-14)22-18(15(2)31-27-22)13-30-21-10-9-17(12-25-21)23(29)26-19-5-3-4-6-20(19)28/h7-12,19-20,28H,3-6,13H2,1-2H3,(H,26,29)/t19-,20-/m0/s1. The number of hydrogen-bond acceptors (Lipinski definition) is 7. The van der Waals surface area contributed by atoms with E-state index in [1.54, 1.807) is 18.3 Å². The number of nitrogens with zero attached hydrogens (tertiary/aromatic N) is 3. The van der Waals surface area contributed by atoms with Crippen molar-refractivity contribution in [2.24, 2.45) is 0 Å². The van der Waals surface area contributed by atoms with Gasteiger partial charge >= 0.3 is 0 Å². The number of rotatable bonds is 6. The van der Waals surface area contributed by atoms with Crippen molar-refractivity contribution < 1.29 is 19.2 Å². The summed E-state index contributed by atoms with van der Waals surface area (Å²) < 4.78 is 11.2. The molecule has 8 nitrogen and oxygen atoms in total. The number of aromatic nitrogens is 3. The van der Waals surface area contributed by atoms with Crippen molar-refractivity contribution in [2.45, 2.75) is 58.3 Å². The number of hydrogen-bond donors (Lipinski definition) is 2. The molecule has 2 atom stereocenters. The molecule has 3 heterocycles. The number of carbonyl (C=O) groups is 1. The van der Waals surface area contributed by atoms with Crippen LogP contribution in [-0.2, 0) is 6.61 Å². The lowest BCUT2D eigenvalue weighted by molar-refractivity contribution is 0.0717. The minimum Gasteiger partial charge on any atom is -0.473 e. The van der Waals surface area contributed by atoms with Gasteiger partial charge in [-0.2, -0.15) is 0 Å². The van der Waals surface area contributed by atoms with Crippen LogP contribution in [0.2, 0.25) is 0 Å². The number of aliphatic hydroxyl groups is 1. The van der Waals surface area contributed by atoms with Gasteiger partial charge < -0.3 is 19.7 Å². The first-order valence-corrected chi connectivity index (χ1v) is 10.5. The van der Waals surface area contributed by atoms with Gasteiger partial charge in [0, 0.05) is 29.7 Å². The summed E-state index contributed by atoms with van der Waals surface area (Å²) in [5.74, 6) is 0.814. The third-order valence-corrected chi connectivity index (χ3v) is 5.58. The monoisotopic (exact) mass is 422 g/mol. The Hall–Kier alpha value is -3.26. The van der Waals surface area contributed by atoms with Gasteiger partial charge in [-0.05, 0) is 44.9 Å². The molecule has 2 N–H and O–H groups in total. The number of nitrogens with one attached hydrogen (secondary N) is 1. The van der Waals surface area contributed by atoms with Crippen LogP contribution in [-0.4, -0.2) is 38.3 Å². The highest BCUT2D eigenvalue weighted by atomic mass is 16.5. The molecule has 0 radical (unpaired) electrons. The Bertz CT molecular complexity index is 1030. The van der Waals surface area contributed by atoms with E-state index in [2.05, 4.69) is 20.4 Å². The minimum absolute atomic E-state index is 0.205. The van der Waals surface area contributed by atoms with Gasteiger partial charge in [-0.25, -0.2) is 4.98 Å². The van der Waals surface area contributed by atoms with E-state index in [1.807, 2.05) is 26.0 Å². The Labute approximate surface area is 180 Å². The summed E-state index contributed by atoms with van der Waals surface area (Å²) in [5, 5.41) is 17.1. The molecule has 1 aliphatic carbocycles. The maximum atomic E-state index is 12.5. The van der Waals surface area contributed by atoms with E-state index < -0.39 is 6.10 Å². The van der Waals surface area contributed by atoms with E-state index in [9.17, 15) is 9.90 Å². The van der Waals surface area contributed by atoms with Gasteiger partial charge in [0.1, 0.15) is 18.1 Å². The zero-order valence-corrected chi connectivity index (χ0v) is 17.7. The molecule has 0 bridgehead atoms. The summed E-state index contributed by atoms with van der Waals surface area (Å²) in [6.07, 6.45) is 6.26. The predicted octanol–water partition coefficient (Wildman–Crippen LogP) is 3.36. The fraction of sp³-hybridized carbons (Fsp3) is 0.391. The molecule has 0 unspecified atom stereocenters. The molecule has 8 heteroatoms. The molecule has 162 valence electrons. The van der Waals surface area contributed by atoms with Crippen molar-refractivity contribution >= 4 is 5.91 Å². The number of pyridine rings is 2. The van der Waals surface area contributed by atoms with E-state index in [0.29, 0.717) is 22.9 Å². The second kappa shape index (κ2) is 9.26. The molecule has 1 aliphatic rings. The molecule has 0 saturated heterocycles. The molecular weight excluding hydrogens is 396 g/mol. The number of ether oxygens (including phenoxy) is 1. The summed E-state index contributed by atoms with van der Waals surface area (Å²) in [6.45, 7) is 3.98. The fourth-order valence-electron chi connectivity index (χ4n) is 3.67. The van der Waals surface area contributed by atoms with Gasteiger partial charge in [0.05, 0.1) is 23.3 Å². The maximum Gasteiger partial charge on any atom is 0.253 e. The van der Waals surface area contributed by atoms with Crippen LogP contribution in [0.5, 0.6) is 5.88 Å². The van der Waals surface area contributed by atoms with Gasteiger partial charge in [-0.15, -0.1) is 0 Å². The normalized spacial score (nSPS) is 18.5. The number of amides is 1. The molecule has 3 aromatic heterocycles. The summed E-state index contributed by atoms with van der Waals surface area (Å²) in [4.78, 5) is 21.0. The largest absolute Gasteiger partial charge is 0.473 e. The zero-order valence-electron chi connectivity index (χ0n) is 17.7. The molecule has 3 aromatic rings. The number of carbonyl (C=O) groups excluding carboxylic acids is 1. The molecule has 1 amide bonds. The summed E-state index contributed by atoms with van der Waals surface area (Å²) in [6, 6.07) is 6.98. The SMILES string of the molecule is Cc1ccc(-c2noc(C)c2COc2ccc(C(=O)N[C@H]3CCCC[C@@H]3O)cn2)cn1. The second-order valence-electron chi connectivity index (χ2n) is 7.86. The van der Waals surface area contributed by atoms with Gasteiger partial charge in [0.2, 0.25) is 5.88 Å². The maximum absolute atomic E-state index is 12.5. The first-order valence-electron chi connectivity index (χ1n) is 10.5. The van der Waals surface area contributed by atoms with Crippen molar-refractivity contribution in [1.82, 2.24) is 20.4 Å². The van der Waals surface area contributed by atoms with Gasteiger partial charge in [-0.3, -0.25) is 9.78 Å². The molecule has 0 aromatic carbocycles. The van der Waals surface area contributed by atoms with Crippen LogP contribution in [0.3, 0.4) is 0 Å². The molecule has 4 rings (SSSR count). The van der Waals surface area contributed by atoms with E-state index >= 15 is 0 Å². The number of aryl methyl sites for hydroxylation is 2. The first kappa shape index (κ1) is 21.0. The highest BCUT2D eigenvalue weighted by Gasteiger charge is 2.25. The van der Waals surface area contributed by atoms with Crippen LogP contribution in [0, 0.1) is 13.8 Å². The van der Waals surface area contributed by atoms with E-state index in [-0.39, 0.29) is 18.6 Å². The topological polar surface area (TPSA) is 110 Å². The lowest BCUT2D eigenvalue weighted by Gasteiger charge is -2.28. The van der Waals surface area contributed by atoms with Gasteiger partial charge in [0.25, 0.3) is 5.91 Å². The quantitative estimate of drug-likeness (QED) is 0.627. The molecular formula is C23H26N4O4. The van der Waals surface area contributed by atoms with Crippen LogP contribution >= 0.6 is 0 Å². The van der Waals surface area contributed by atoms with Crippen molar-refractivity contribution in [2.75, 3.05) is 0 Å². The van der Waals surface area contributed by atoms with Crippen LogP contribution in [0.25, 0.3) is 11.3 Å². The Morgan fingerprint density at radius 2 is 2.00 bits per heavy atom. The summed E-state index contributed by atoms with van der Waals surface area (Å²) >= 11 is 0. The van der Waals surface area contributed by atoms with Crippen molar-refractivity contribution in [1.29, 1.82) is 0 Å². The Morgan fingerprint density at radius 1 is 1.16 bits per heavy atom. The van der Waals surface area contributed by atoms with Crippen molar-refractivity contribution in [3.05, 3.63) is 59.2 Å². The second-order valence-corrected chi connectivity index (χ2v) is 7.86. The van der Waals surface area contributed by atoms with Crippen LogP contribution in [0.15, 0.2) is 41.2 Å². The van der Waals surface area contributed by atoms with Gasteiger partial charge in [0.15, 0.2) is 0 Å². The van der Waals surface area contributed by atoms with E-state index in [4.69, 9.17) is 9.26 Å². The number of aliphatic hydroxyl groups excluding tert-OH is 1. The highest BCUT2D eigenvalue weighted by molar-refractivity contribution is 5.94. The van der Waals surface area contributed by atoms with E-state index in [0.717, 1.165) is 42.5 Å². The van der Waals surface area contributed by atoms with E-state index in [1.165, 1.54) is 6.20 Å². The average molecular weight is 422 g/mol.